The summed E-state index contributed by atoms with van der Waals surface area (Å²) in [6.45, 7) is 5.50. The maximum atomic E-state index is 12.3. The molecule has 1 aromatic carbocycles. The number of primary amides is 2. The van der Waals surface area contributed by atoms with Crippen molar-refractivity contribution in [1.29, 1.82) is 0 Å². The molecule has 1 aromatic heterocycles. The van der Waals surface area contributed by atoms with E-state index in [1.807, 2.05) is 13.8 Å². The van der Waals surface area contributed by atoms with Gasteiger partial charge in [-0.15, -0.1) is 0 Å². The number of rotatable bonds is 9. The van der Waals surface area contributed by atoms with Crippen molar-refractivity contribution in [2.24, 2.45) is 17.4 Å². The van der Waals surface area contributed by atoms with Crippen LogP contribution in [0, 0.1) is 5.92 Å². The monoisotopic (exact) mass is 425 g/mol. The molecule has 1 aliphatic rings. The quantitative estimate of drug-likeness (QED) is 0.474. The summed E-state index contributed by atoms with van der Waals surface area (Å²) in [6.07, 6.45) is 2.87. The molecular formula is C21H27N7O3. The van der Waals surface area contributed by atoms with Crippen LogP contribution in [0.5, 0.6) is 0 Å². The Bertz CT molecular complexity index is 971. The van der Waals surface area contributed by atoms with Gasteiger partial charge in [-0.1, -0.05) is 13.8 Å². The lowest BCUT2D eigenvalue weighted by atomic mass is 10.0. The number of nitrogens with zero attached hydrogens (tertiary/aromatic N) is 3. The summed E-state index contributed by atoms with van der Waals surface area (Å²) in [7, 11) is 0. The van der Waals surface area contributed by atoms with Crippen molar-refractivity contribution in [2.45, 2.75) is 32.7 Å². The molecule has 3 rings (SSSR count). The van der Waals surface area contributed by atoms with Crippen molar-refractivity contribution < 1.29 is 14.4 Å². The largest absolute Gasteiger partial charge is 0.368 e. The van der Waals surface area contributed by atoms with Crippen LogP contribution < -0.4 is 22.1 Å². The number of likely N-dealkylation sites (tertiary alicyclic amines) is 1. The van der Waals surface area contributed by atoms with Crippen molar-refractivity contribution in [3.05, 3.63) is 41.7 Å². The van der Waals surface area contributed by atoms with Crippen LogP contribution in [0.4, 0.5) is 17.3 Å². The highest BCUT2D eigenvalue weighted by Crippen LogP contribution is 2.22. The van der Waals surface area contributed by atoms with E-state index in [1.165, 1.54) is 6.20 Å². The summed E-state index contributed by atoms with van der Waals surface area (Å²) < 4.78 is 0. The Hall–Kier alpha value is -3.69. The lowest BCUT2D eigenvalue weighted by Crippen LogP contribution is -2.41. The van der Waals surface area contributed by atoms with E-state index in [-0.39, 0.29) is 29.2 Å². The third kappa shape index (κ3) is 5.47. The van der Waals surface area contributed by atoms with Gasteiger partial charge < -0.3 is 27.0 Å². The average molecular weight is 425 g/mol. The van der Waals surface area contributed by atoms with Gasteiger partial charge in [-0.3, -0.25) is 14.4 Å². The van der Waals surface area contributed by atoms with E-state index in [0.29, 0.717) is 17.7 Å². The first-order chi connectivity index (χ1) is 14.7. The van der Waals surface area contributed by atoms with Gasteiger partial charge in [-0.2, -0.15) is 0 Å². The molecule has 31 heavy (non-hydrogen) atoms. The third-order valence-corrected chi connectivity index (χ3v) is 4.92. The molecule has 1 atom stereocenters. The number of hydrogen-bond donors (Lipinski definition) is 4. The Morgan fingerprint density at radius 2 is 1.81 bits per heavy atom. The van der Waals surface area contributed by atoms with Crippen molar-refractivity contribution in [2.75, 3.05) is 23.7 Å². The molecule has 1 saturated heterocycles. The van der Waals surface area contributed by atoms with Crippen LogP contribution in [-0.4, -0.2) is 51.7 Å². The molecule has 1 fully saturated rings. The number of hydrogen-bond acceptors (Lipinski definition) is 7. The fourth-order valence-corrected chi connectivity index (χ4v) is 3.16. The van der Waals surface area contributed by atoms with Gasteiger partial charge in [0.2, 0.25) is 5.91 Å². The zero-order valence-corrected chi connectivity index (χ0v) is 17.6. The number of aromatic nitrogens is 2. The van der Waals surface area contributed by atoms with Gasteiger partial charge in [-0.25, -0.2) is 9.97 Å². The third-order valence-electron chi connectivity index (χ3n) is 4.92. The smallest absolute Gasteiger partial charge is 0.271 e. The normalized spacial score (nSPS) is 14.0. The molecule has 1 unspecified atom stereocenters. The lowest BCUT2D eigenvalue weighted by Gasteiger charge is -2.30. The Balaban J connectivity index is 1.80. The Kier molecular flexibility index (Phi) is 6.68. The summed E-state index contributed by atoms with van der Waals surface area (Å²) in [5.41, 5.74) is 12.0. The SMILES string of the molecule is CC(C)CC(Nc1cnc(C(N)=O)c(Nc2ccc(C(=O)N3CCC3)cc2)n1)C(N)=O. The highest BCUT2D eigenvalue weighted by molar-refractivity contribution is 5.97. The molecule has 0 radical (unpaired) electrons. The van der Waals surface area contributed by atoms with Gasteiger partial charge in [0.1, 0.15) is 11.9 Å². The molecule has 0 saturated carbocycles. The lowest BCUT2D eigenvalue weighted by molar-refractivity contribution is -0.119. The van der Waals surface area contributed by atoms with Gasteiger partial charge >= 0.3 is 0 Å². The summed E-state index contributed by atoms with van der Waals surface area (Å²) in [6, 6.07) is 6.20. The minimum absolute atomic E-state index is 0.00994. The number of carbonyl (C=O) groups excluding carboxylic acids is 3. The van der Waals surface area contributed by atoms with Crippen LogP contribution >= 0.6 is 0 Å². The summed E-state index contributed by atoms with van der Waals surface area (Å²) >= 11 is 0. The zero-order chi connectivity index (χ0) is 22.5. The summed E-state index contributed by atoms with van der Waals surface area (Å²) in [4.78, 5) is 46.0. The summed E-state index contributed by atoms with van der Waals surface area (Å²) in [5.74, 6) is -0.623. The molecular weight excluding hydrogens is 398 g/mol. The maximum Gasteiger partial charge on any atom is 0.271 e. The minimum Gasteiger partial charge on any atom is -0.368 e. The van der Waals surface area contributed by atoms with Crippen molar-refractivity contribution in [1.82, 2.24) is 14.9 Å². The average Bonchev–Trinajstić information content (AvgIpc) is 2.66. The highest BCUT2D eigenvalue weighted by atomic mass is 16.2. The molecule has 6 N–H and O–H groups in total. The van der Waals surface area contributed by atoms with E-state index in [4.69, 9.17) is 11.5 Å². The number of nitrogens with one attached hydrogen (secondary N) is 2. The molecule has 2 aromatic rings. The number of benzene rings is 1. The first kappa shape index (κ1) is 22.0. The molecule has 0 bridgehead atoms. The predicted octanol–water partition coefficient (Wildman–Crippen LogP) is 1.48. The Morgan fingerprint density at radius 1 is 1.13 bits per heavy atom. The van der Waals surface area contributed by atoms with E-state index < -0.39 is 17.9 Å². The topological polar surface area (TPSA) is 156 Å². The van der Waals surface area contributed by atoms with Crippen molar-refractivity contribution in [3.8, 4) is 0 Å². The van der Waals surface area contributed by atoms with E-state index in [1.54, 1.807) is 29.2 Å². The van der Waals surface area contributed by atoms with Crippen LogP contribution in [0.1, 0.15) is 47.5 Å². The standard InChI is InChI=1S/C21H27N7O3/c1-12(2)10-15(18(22)29)26-16-11-24-17(19(23)30)20(27-16)25-14-6-4-13(5-7-14)21(31)28-8-3-9-28/h4-7,11-12,15H,3,8-10H2,1-2H3,(H2,22,29)(H2,23,30)(H2,25,26,27). The second kappa shape index (κ2) is 9.41. The van der Waals surface area contributed by atoms with E-state index >= 15 is 0 Å². The highest BCUT2D eigenvalue weighted by Gasteiger charge is 2.22. The molecule has 10 heteroatoms. The van der Waals surface area contributed by atoms with Crippen molar-refractivity contribution >= 4 is 35.0 Å². The first-order valence-electron chi connectivity index (χ1n) is 10.1. The Labute approximate surface area is 180 Å². The number of nitrogens with two attached hydrogens (primary N) is 2. The predicted molar refractivity (Wildman–Crippen MR) is 117 cm³/mol. The van der Waals surface area contributed by atoms with Crippen LogP contribution in [0.25, 0.3) is 0 Å². The fraction of sp³-hybridized carbons (Fsp3) is 0.381. The van der Waals surface area contributed by atoms with Gasteiger partial charge in [0.25, 0.3) is 11.8 Å². The van der Waals surface area contributed by atoms with Crippen molar-refractivity contribution in [3.63, 3.8) is 0 Å². The minimum atomic E-state index is -0.750. The summed E-state index contributed by atoms with van der Waals surface area (Å²) in [5, 5.41) is 5.97. The van der Waals surface area contributed by atoms with Crippen LogP contribution in [0.2, 0.25) is 0 Å². The molecule has 2 heterocycles. The second-order valence-electron chi connectivity index (χ2n) is 7.89. The van der Waals surface area contributed by atoms with E-state index in [0.717, 1.165) is 19.5 Å². The molecule has 0 spiro atoms. The van der Waals surface area contributed by atoms with Gasteiger partial charge in [-0.05, 0) is 43.0 Å². The van der Waals surface area contributed by atoms with Crippen LogP contribution in [0.3, 0.4) is 0 Å². The second-order valence-corrected chi connectivity index (χ2v) is 7.89. The number of carbonyl (C=O) groups is 3. The van der Waals surface area contributed by atoms with Gasteiger partial charge in [0.05, 0.1) is 6.20 Å². The molecule has 3 amide bonds. The maximum absolute atomic E-state index is 12.3. The Morgan fingerprint density at radius 3 is 2.32 bits per heavy atom. The van der Waals surface area contributed by atoms with Crippen LogP contribution in [0.15, 0.2) is 30.5 Å². The van der Waals surface area contributed by atoms with Gasteiger partial charge in [0, 0.05) is 24.3 Å². The van der Waals surface area contributed by atoms with E-state index in [2.05, 4.69) is 20.6 Å². The van der Waals surface area contributed by atoms with Gasteiger partial charge in [0.15, 0.2) is 11.5 Å². The zero-order valence-electron chi connectivity index (χ0n) is 17.6. The number of amides is 3. The first-order valence-corrected chi connectivity index (χ1v) is 10.1. The molecule has 1 aliphatic heterocycles. The number of anilines is 3. The molecule has 164 valence electrons. The fourth-order valence-electron chi connectivity index (χ4n) is 3.16. The van der Waals surface area contributed by atoms with E-state index in [9.17, 15) is 14.4 Å². The van der Waals surface area contributed by atoms with Crippen LogP contribution in [-0.2, 0) is 4.79 Å². The molecule has 0 aliphatic carbocycles. The molecule has 10 nitrogen and oxygen atoms in total.